The molecule has 0 aliphatic carbocycles. The molecule has 0 aliphatic heterocycles. The molecule has 1 amide bonds. The maximum atomic E-state index is 12.2. The molecule has 0 bridgehead atoms. The first-order valence-corrected chi connectivity index (χ1v) is 11.9. The predicted octanol–water partition coefficient (Wildman–Crippen LogP) is 3.23. The summed E-state index contributed by atoms with van der Waals surface area (Å²) < 4.78 is 24.4. The molecule has 0 unspecified atom stereocenters. The molecule has 1 aromatic heterocycles. The van der Waals surface area contributed by atoms with E-state index in [1.165, 1.54) is 24.5 Å². The summed E-state index contributed by atoms with van der Waals surface area (Å²) in [5.41, 5.74) is 2.24. The number of anilines is 2. The van der Waals surface area contributed by atoms with Crippen LogP contribution < -0.4 is 10.6 Å². The summed E-state index contributed by atoms with van der Waals surface area (Å²) in [7, 11) is -3.36. The molecule has 1 heterocycles. The molecule has 2 aromatic rings. The van der Waals surface area contributed by atoms with Gasteiger partial charge >= 0.3 is 0 Å². The summed E-state index contributed by atoms with van der Waals surface area (Å²) in [6, 6.07) is 5.25. The maximum absolute atomic E-state index is 12.2. The van der Waals surface area contributed by atoms with Crippen LogP contribution in [-0.4, -0.2) is 56.6 Å². The van der Waals surface area contributed by atoms with Crippen LogP contribution in [0, 0.1) is 6.92 Å². The highest BCUT2D eigenvalue weighted by molar-refractivity contribution is 7.90. The van der Waals surface area contributed by atoms with E-state index in [-0.39, 0.29) is 10.8 Å². The molecule has 0 spiro atoms. The Morgan fingerprint density at radius 1 is 1.25 bits per heavy atom. The zero-order valence-corrected chi connectivity index (χ0v) is 18.6. The summed E-state index contributed by atoms with van der Waals surface area (Å²) in [5, 5.41) is 6.51. The molecule has 9 heteroatoms. The molecule has 28 heavy (non-hydrogen) atoms. The fourth-order valence-corrected chi connectivity index (χ4v) is 4.74. The van der Waals surface area contributed by atoms with E-state index in [0.717, 1.165) is 35.8 Å². The number of hydrogen-bond donors (Lipinski definition) is 2. The number of amides is 1. The molecule has 0 atom stereocenters. The van der Waals surface area contributed by atoms with Gasteiger partial charge in [-0.2, -0.15) is 0 Å². The van der Waals surface area contributed by atoms with Crippen molar-refractivity contribution in [1.82, 2.24) is 9.88 Å². The zero-order valence-electron chi connectivity index (χ0n) is 17.0. The minimum Gasteiger partial charge on any atom is -0.383 e. The molecule has 0 saturated heterocycles. The van der Waals surface area contributed by atoms with Gasteiger partial charge in [0, 0.05) is 26.3 Å². The van der Waals surface area contributed by atoms with Crippen LogP contribution in [0.25, 0.3) is 10.4 Å². The summed E-state index contributed by atoms with van der Waals surface area (Å²) in [4.78, 5) is 19.1. The topological polar surface area (TPSA) is 91.4 Å². The average molecular weight is 425 g/mol. The summed E-state index contributed by atoms with van der Waals surface area (Å²) in [6.07, 6.45) is 1.21. The molecule has 0 fully saturated rings. The molecular weight excluding hydrogens is 396 g/mol. The monoisotopic (exact) mass is 424 g/mol. The average Bonchev–Trinajstić information content (AvgIpc) is 2.97. The third-order valence-electron chi connectivity index (χ3n) is 4.36. The van der Waals surface area contributed by atoms with Gasteiger partial charge in [-0.25, -0.2) is 13.4 Å². The third kappa shape index (κ3) is 5.76. The van der Waals surface area contributed by atoms with Gasteiger partial charge in [0.1, 0.15) is 0 Å². The number of aryl methyl sites for hydroxylation is 1. The molecule has 0 saturated carbocycles. The maximum Gasteiger partial charge on any atom is 0.223 e. The molecule has 0 radical (unpaired) electrons. The number of carbonyl (C=O) groups excluding carboxylic acids is 1. The zero-order chi connectivity index (χ0) is 20.9. The van der Waals surface area contributed by atoms with E-state index < -0.39 is 9.84 Å². The fourth-order valence-electron chi connectivity index (χ4n) is 2.89. The van der Waals surface area contributed by atoms with Crippen molar-refractivity contribution in [1.29, 1.82) is 0 Å². The number of hydrogen-bond acceptors (Lipinski definition) is 7. The number of carbonyl (C=O) groups is 1. The third-order valence-corrected chi connectivity index (χ3v) is 6.64. The smallest absolute Gasteiger partial charge is 0.223 e. The second-order valence-corrected chi connectivity index (χ2v) is 9.53. The van der Waals surface area contributed by atoms with Gasteiger partial charge < -0.3 is 15.5 Å². The molecule has 7 nitrogen and oxygen atoms in total. The first-order valence-electron chi connectivity index (χ1n) is 9.21. The lowest BCUT2D eigenvalue weighted by atomic mass is 10.1. The standard InChI is InChI=1S/C19H28N4O3S2/c1-6-23(7-2)11-10-20-16-12-15(8-9-17(16)28(5,25)26)18-13(3)21-19(27-18)22-14(4)24/h8-9,12,20H,6-7,10-11H2,1-5H3,(H,21,22,24). The minimum absolute atomic E-state index is 0.175. The number of nitrogens with one attached hydrogen (secondary N) is 2. The van der Waals surface area contributed by atoms with Crippen LogP contribution in [-0.2, 0) is 14.6 Å². The van der Waals surface area contributed by atoms with Crippen LogP contribution in [0.2, 0.25) is 0 Å². The quantitative estimate of drug-likeness (QED) is 0.642. The van der Waals surface area contributed by atoms with Crippen molar-refractivity contribution in [3.63, 3.8) is 0 Å². The molecule has 1 aromatic carbocycles. The van der Waals surface area contributed by atoms with Crippen molar-refractivity contribution in [2.75, 3.05) is 43.1 Å². The largest absolute Gasteiger partial charge is 0.383 e. The van der Waals surface area contributed by atoms with Gasteiger partial charge in [-0.1, -0.05) is 31.3 Å². The van der Waals surface area contributed by atoms with Gasteiger partial charge in [-0.3, -0.25) is 4.79 Å². The highest BCUT2D eigenvalue weighted by Gasteiger charge is 2.17. The van der Waals surface area contributed by atoms with Crippen molar-refractivity contribution in [3.05, 3.63) is 23.9 Å². The van der Waals surface area contributed by atoms with Crippen molar-refractivity contribution >= 4 is 37.9 Å². The van der Waals surface area contributed by atoms with Gasteiger partial charge in [0.15, 0.2) is 15.0 Å². The molecule has 0 aliphatic rings. The Morgan fingerprint density at radius 3 is 2.50 bits per heavy atom. The van der Waals surface area contributed by atoms with Crippen LogP contribution in [0.1, 0.15) is 26.5 Å². The summed E-state index contributed by atoms with van der Waals surface area (Å²) >= 11 is 1.37. The van der Waals surface area contributed by atoms with E-state index in [9.17, 15) is 13.2 Å². The molecular formula is C19H28N4O3S2. The first kappa shape index (κ1) is 22.3. The van der Waals surface area contributed by atoms with Crippen molar-refractivity contribution in [2.24, 2.45) is 0 Å². The van der Waals surface area contributed by atoms with Crippen molar-refractivity contribution in [3.8, 4) is 10.4 Å². The van der Waals surface area contributed by atoms with Crippen LogP contribution >= 0.6 is 11.3 Å². The van der Waals surface area contributed by atoms with Crippen LogP contribution in [0.4, 0.5) is 10.8 Å². The second kappa shape index (κ2) is 9.49. The van der Waals surface area contributed by atoms with Gasteiger partial charge in [-0.15, -0.1) is 0 Å². The van der Waals surface area contributed by atoms with E-state index in [4.69, 9.17) is 0 Å². The number of likely N-dealkylation sites (N-methyl/N-ethyl adjacent to an activating group) is 1. The molecule has 2 N–H and O–H groups in total. The van der Waals surface area contributed by atoms with E-state index in [2.05, 4.69) is 34.4 Å². The Morgan fingerprint density at radius 2 is 1.93 bits per heavy atom. The minimum atomic E-state index is -3.36. The number of nitrogens with zero attached hydrogens (tertiary/aromatic N) is 2. The Balaban J connectivity index is 2.35. The van der Waals surface area contributed by atoms with Gasteiger partial charge in [0.05, 0.1) is 21.2 Å². The number of thiazole rings is 1. The number of aromatic nitrogens is 1. The predicted molar refractivity (Wildman–Crippen MR) is 116 cm³/mol. The number of benzene rings is 1. The van der Waals surface area contributed by atoms with E-state index in [1.807, 2.05) is 13.0 Å². The van der Waals surface area contributed by atoms with E-state index >= 15 is 0 Å². The Hall–Kier alpha value is -1.97. The highest BCUT2D eigenvalue weighted by Crippen LogP contribution is 2.35. The highest BCUT2D eigenvalue weighted by atomic mass is 32.2. The number of rotatable bonds is 9. The van der Waals surface area contributed by atoms with Crippen molar-refractivity contribution < 1.29 is 13.2 Å². The Kier molecular flexibility index (Phi) is 7.56. The lowest BCUT2D eigenvalue weighted by Crippen LogP contribution is -2.28. The van der Waals surface area contributed by atoms with Crippen LogP contribution in [0.5, 0.6) is 0 Å². The first-order chi connectivity index (χ1) is 13.2. The van der Waals surface area contributed by atoms with Crippen LogP contribution in [0.15, 0.2) is 23.1 Å². The van der Waals surface area contributed by atoms with Gasteiger partial charge in [-0.05, 0) is 37.7 Å². The lowest BCUT2D eigenvalue weighted by Gasteiger charge is -2.19. The molecule has 2 rings (SSSR count). The lowest BCUT2D eigenvalue weighted by molar-refractivity contribution is -0.114. The normalized spacial score (nSPS) is 11.6. The SMILES string of the molecule is CCN(CC)CCNc1cc(-c2sc(NC(C)=O)nc2C)ccc1S(C)(=O)=O. The number of sulfone groups is 1. The van der Waals surface area contributed by atoms with E-state index in [1.54, 1.807) is 12.1 Å². The second-order valence-electron chi connectivity index (χ2n) is 6.55. The van der Waals surface area contributed by atoms with Crippen LogP contribution in [0.3, 0.4) is 0 Å². The Bertz CT molecular complexity index is 935. The molecule has 154 valence electrons. The van der Waals surface area contributed by atoms with Gasteiger partial charge in [0.2, 0.25) is 5.91 Å². The van der Waals surface area contributed by atoms with Crippen molar-refractivity contribution in [2.45, 2.75) is 32.6 Å². The van der Waals surface area contributed by atoms with Gasteiger partial charge in [0.25, 0.3) is 0 Å². The fraction of sp³-hybridized carbons (Fsp3) is 0.474. The summed E-state index contributed by atoms with van der Waals surface area (Å²) in [5.74, 6) is -0.175. The van der Waals surface area contributed by atoms with E-state index in [0.29, 0.717) is 17.4 Å². The Labute approximate surface area is 171 Å². The summed E-state index contributed by atoms with van der Waals surface area (Å²) in [6.45, 7) is 10.9.